The Morgan fingerprint density at radius 2 is 2.17 bits per heavy atom. The molecule has 1 unspecified atom stereocenters. The van der Waals surface area contributed by atoms with Crippen LogP contribution in [0.15, 0.2) is 21.8 Å². The van der Waals surface area contributed by atoms with Gasteiger partial charge in [0.1, 0.15) is 24.2 Å². The van der Waals surface area contributed by atoms with Crippen LogP contribution in [0.5, 0.6) is 0 Å². The fourth-order valence-electron chi connectivity index (χ4n) is 3.30. The molecule has 1 saturated heterocycles. The standard InChI is InChI=1S/C17H20N6O8S3.Na/c1-31-22-10(9-5-33-17(18)20-9)13(25)21-11-14(26)23-12(16(27)28)8(4-32-15(11)23)6-34(29,30)3-2-19-7-24;/h5,7,11,15H,2-4,6H2,1H3,(H2,18,20)(H,19,24)(H,21,25)(H,27,28);/q;+1/p-1/b22-10-;/t11?,15-;/m1./s1. The van der Waals surface area contributed by atoms with Crippen LogP contribution in [0.2, 0.25) is 0 Å². The smallest absolute Gasteiger partial charge is 0.543 e. The molecule has 184 valence electrons. The first kappa shape index (κ1) is 29.1. The molecule has 1 aromatic rings. The van der Waals surface area contributed by atoms with Gasteiger partial charge in [0.25, 0.3) is 11.8 Å². The van der Waals surface area contributed by atoms with Crippen LogP contribution in [0.25, 0.3) is 0 Å². The number of fused-ring (bicyclic) bond motifs is 1. The fourth-order valence-corrected chi connectivity index (χ4v) is 6.66. The number of thioether (sulfide) groups is 1. The van der Waals surface area contributed by atoms with E-state index in [1.165, 1.54) is 12.5 Å². The van der Waals surface area contributed by atoms with Gasteiger partial charge in [-0.1, -0.05) is 5.16 Å². The van der Waals surface area contributed by atoms with Crippen molar-refractivity contribution in [1.82, 2.24) is 20.5 Å². The minimum atomic E-state index is -3.77. The summed E-state index contributed by atoms with van der Waals surface area (Å²) < 4.78 is 24.6. The van der Waals surface area contributed by atoms with Crippen molar-refractivity contribution in [3.8, 4) is 0 Å². The summed E-state index contributed by atoms with van der Waals surface area (Å²) in [6.07, 6.45) is 0.349. The number of anilines is 1. The Labute approximate surface area is 229 Å². The Hall–Kier alpha value is -2.18. The quantitative estimate of drug-likeness (QED) is 0.0584. The van der Waals surface area contributed by atoms with Gasteiger partial charge in [0, 0.05) is 17.7 Å². The van der Waals surface area contributed by atoms with Gasteiger partial charge in [0.15, 0.2) is 20.7 Å². The third-order valence-electron chi connectivity index (χ3n) is 4.72. The molecule has 3 heterocycles. The molecule has 35 heavy (non-hydrogen) atoms. The van der Waals surface area contributed by atoms with Gasteiger partial charge >= 0.3 is 29.6 Å². The van der Waals surface area contributed by atoms with Crippen molar-refractivity contribution >= 4 is 68.0 Å². The second-order valence-electron chi connectivity index (χ2n) is 6.96. The van der Waals surface area contributed by atoms with Crippen molar-refractivity contribution in [3.05, 3.63) is 22.3 Å². The number of oxime groups is 1. The Bertz CT molecular complexity index is 1180. The predicted octanol–water partition coefficient (Wildman–Crippen LogP) is -6.36. The number of nitrogens with one attached hydrogen (secondary N) is 2. The molecule has 18 heteroatoms. The van der Waals surface area contributed by atoms with Crippen LogP contribution in [0.3, 0.4) is 0 Å². The molecule has 2 atom stereocenters. The van der Waals surface area contributed by atoms with Crippen LogP contribution >= 0.6 is 23.1 Å². The summed E-state index contributed by atoms with van der Waals surface area (Å²) in [5, 5.41) is 21.0. The molecule has 14 nitrogen and oxygen atoms in total. The summed E-state index contributed by atoms with van der Waals surface area (Å²) in [7, 11) is -2.55. The van der Waals surface area contributed by atoms with E-state index in [0.29, 0.717) is 6.41 Å². The van der Waals surface area contributed by atoms with E-state index in [2.05, 4.69) is 25.6 Å². The summed E-state index contributed by atoms with van der Waals surface area (Å²) >= 11 is 2.16. The summed E-state index contributed by atoms with van der Waals surface area (Å²) in [6.45, 7) is -0.137. The number of nitrogen functional groups attached to an aromatic ring is 1. The Morgan fingerprint density at radius 1 is 1.46 bits per heavy atom. The number of carbonyl (C=O) groups is 4. The average molecular weight is 555 g/mol. The number of amides is 3. The number of nitrogens with two attached hydrogens (primary N) is 1. The third kappa shape index (κ3) is 6.53. The number of β-lactam (4-membered cyclic amide) rings is 1. The number of hydrogen-bond acceptors (Lipinski definition) is 13. The van der Waals surface area contributed by atoms with Gasteiger partial charge in [0.05, 0.1) is 23.2 Å². The fraction of sp³-hybridized carbons (Fsp3) is 0.412. The molecular weight excluding hydrogens is 535 g/mol. The molecule has 0 spiro atoms. The summed E-state index contributed by atoms with van der Waals surface area (Å²) in [6, 6.07) is -1.10. The second kappa shape index (κ2) is 12.2. The number of hydrogen-bond donors (Lipinski definition) is 3. The summed E-state index contributed by atoms with van der Waals surface area (Å²) in [5.74, 6) is -4.30. The number of thiazole rings is 1. The Kier molecular flexibility index (Phi) is 10.1. The maximum atomic E-state index is 12.8. The van der Waals surface area contributed by atoms with E-state index < -0.39 is 56.2 Å². The largest absolute Gasteiger partial charge is 1.00 e. The molecule has 3 rings (SSSR count). The van der Waals surface area contributed by atoms with Crippen LogP contribution in [0.1, 0.15) is 5.69 Å². The molecule has 3 amide bonds. The predicted molar refractivity (Wildman–Crippen MR) is 120 cm³/mol. The first-order chi connectivity index (χ1) is 16.1. The molecule has 1 aromatic heterocycles. The molecule has 1 fully saturated rings. The van der Waals surface area contributed by atoms with E-state index in [-0.39, 0.29) is 64.0 Å². The zero-order chi connectivity index (χ0) is 25.0. The van der Waals surface area contributed by atoms with Crippen molar-refractivity contribution in [2.24, 2.45) is 5.16 Å². The minimum absolute atomic E-state index is 0. The Balaban J connectivity index is 0.00000432. The number of aliphatic carboxylic acids is 1. The van der Waals surface area contributed by atoms with Crippen LogP contribution < -0.4 is 51.0 Å². The maximum Gasteiger partial charge on any atom is 1.00 e. The molecule has 2 aliphatic rings. The molecule has 0 saturated carbocycles. The van der Waals surface area contributed by atoms with Crippen molar-refractivity contribution in [2.75, 3.05) is 36.6 Å². The molecule has 2 aliphatic heterocycles. The first-order valence-corrected chi connectivity index (χ1v) is 13.2. The van der Waals surface area contributed by atoms with Crippen molar-refractivity contribution in [1.29, 1.82) is 0 Å². The number of carboxylic acid groups (broad SMARTS) is 1. The van der Waals surface area contributed by atoms with Crippen molar-refractivity contribution < 1.29 is 67.1 Å². The molecule has 0 radical (unpaired) electrons. The Morgan fingerprint density at radius 3 is 2.74 bits per heavy atom. The van der Waals surface area contributed by atoms with E-state index in [1.807, 2.05) is 0 Å². The number of sulfone groups is 1. The molecule has 0 bridgehead atoms. The van der Waals surface area contributed by atoms with E-state index >= 15 is 0 Å². The maximum absolute atomic E-state index is 12.8. The van der Waals surface area contributed by atoms with E-state index in [4.69, 9.17) is 5.73 Å². The zero-order valence-corrected chi connectivity index (χ0v) is 23.0. The number of carboxylic acids is 1. The SMILES string of the molecule is CO/N=C(\C(=O)NC1C(=O)N2C(C(=O)[O-])=C(CS(=O)(=O)CCNC=O)CS[C@H]12)c1csc(N)n1.[Na+]. The second-order valence-corrected chi connectivity index (χ2v) is 11.1. The van der Waals surface area contributed by atoms with Gasteiger partial charge < -0.3 is 31.1 Å². The van der Waals surface area contributed by atoms with Gasteiger partial charge in [-0.2, -0.15) is 0 Å². The summed E-state index contributed by atoms with van der Waals surface area (Å²) in [4.78, 5) is 57.1. The third-order valence-corrected chi connectivity index (χ3v) is 8.35. The van der Waals surface area contributed by atoms with Crippen LogP contribution in [0.4, 0.5) is 5.13 Å². The summed E-state index contributed by atoms with van der Waals surface area (Å²) in [5.41, 5.74) is 4.94. The number of nitrogens with zero attached hydrogens (tertiary/aromatic N) is 3. The zero-order valence-electron chi connectivity index (χ0n) is 18.5. The molecule has 0 aliphatic carbocycles. The van der Waals surface area contributed by atoms with Gasteiger partial charge in [0.2, 0.25) is 6.41 Å². The normalized spacial score (nSPS) is 19.7. The molecular formula is C17H19N6NaO8S3. The van der Waals surface area contributed by atoms with E-state index in [9.17, 15) is 32.7 Å². The number of carbonyl (C=O) groups excluding carboxylic acids is 4. The van der Waals surface area contributed by atoms with Crippen molar-refractivity contribution in [2.45, 2.75) is 11.4 Å². The van der Waals surface area contributed by atoms with Crippen molar-refractivity contribution in [3.63, 3.8) is 0 Å². The van der Waals surface area contributed by atoms with Crippen LogP contribution in [0, 0.1) is 0 Å². The molecule has 0 aromatic carbocycles. The first-order valence-electron chi connectivity index (χ1n) is 9.48. The van der Waals surface area contributed by atoms with Crippen LogP contribution in [-0.4, -0.2) is 90.5 Å². The van der Waals surface area contributed by atoms with Crippen LogP contribution in [-0.2, 0) is 33.9 Å². The number of aromatic nitrogens is 1. The van der Waals surface area contributed by atoms with Gasteiger partial charge in [-0.15, -0.1) is 23.1 Å². The molecule has 4 N–H and O–H groups in total. The van der Waals surface area contributed by atoms with E-state index in [1.54, 1.807) is 0 Å². The minimum Gasteiger partial charge on any atom is -0.543 e. The van der Waals surface area contributed by atoms with Gasteiger partial charge in [-0.3, -0.25) is 19.3 Å². The number of rotatable bonds is 11. The van der Waals surface area contributed by atoms with Gasteiger partial charge in [-0.25, -0.2) is 13.4 Å². The topological polar surface area (TPSA) is 213 Å². The average Bonchev–Trinajstić information content (AvgIpc) is 3.20. The van der Waals surface area contributed by atoms with E-state index in [0.717, 1.165) is 28.0 Å². The monoisotopic (exact) mass is 554 g/mol. The van der Waals surface area contributed by atoms with Gasteiger partial charge in [-0.05, 0) is 5.57 Å².